The number of carbonyl (C=O) groups excluding carboxylic acids is 1. The number of benzene rings is 3. The summed E-state index contributed by atoms with van der Waals surface area (Å²) in [6.45, 7) is -0.341. The Labute approximate surface area is 189 Å². The van der Waals surface area contributed by atoms with Crippen molar-refractivity contribution in [1.82, 2.24) is 4.98 Å². The van der Waals surface area contributed by atoms with Crippen molar-refractivity contribution < 1.29 is 18.3 Å². The molecule has 0 aliphatic rings. The molecule has 0 unspecified atom stereocenters. The second-order valence-electron chi connectivity index (χ2n) is 7.32. The minimum Gasteiger partial charge on any atom is -0.446 e. The fraction of sp³-hybridized carbons (Fsp3) is 0.0741. The Morgan fingerprint density at radius 1 is 0.909 bits per heavy atom. The van der Waals surface area contributed by atoms with Gasteiger partial charge in [-0.3, -0.25) is 0 Å². The molecule has 6 heteroatoms. The van der Waals surface area contributed by atoms with Gasteiger partial charge in [-0.05, 0) is 70.1 Å². The number of hydrogen-bond donors (Lipinski definition) is 0. The van der Waals surface area contributed by atoms with E-state index in [2.05, 4.69) is 4.98 Å². The number of carbonyl (C=O) groups is 1. The first kappa shape index (κ1) is 21.8. The van der Waals surface area contributed by atoms with Crippen molar-refractivity contribution in [2.24, 2.45) is 0 Å². The predicted molar refractivity (Wildman–Crippen MR) is 120 cm³/mol. The molecule has 0 spiro atoms. The van der Waals surface area contributed by atoms with Gasteiger partial charge in [0.1, 0.15) is 23.4 Å². The maximum Gasteiger partial charge on any atom is 0.357 e. The lowest BCUT2D eigenvalue weighted by Crippen LogP contribution is -2.07. The number of halogens is 2. The average molecular weight is 440 g/mol. The van der Waals surface area contributed by atoms with Gasteiger partial charge < -0.3 is 4.74 Å². The van der Waals surface area contributed by atoms with Gasteiger partial charge in [0.25, 0.3) is 0 Å². The summed E-state index contributed by atoms with van der Waals surface area (Å²) in [6.07, 6.45) is 2.02. The molecule has 4 rings (SSSR count). The molecule has 0 aliphatic carbocycles. The van der Waals surface area contributed by atoms with Crippen molar-refractivity contribution in [1.29, 1.82) is 5.26 Å². The molecule has 4 aromatic rings. The molecule has 0 N–H and O–H groups in total. The van der Waals surface area contributed by atoms with Crippen molar-refractivity contribution in [3.05, 3.63) is 114 Å². The Morgan fingerprint density at radius 3 is 2.27 bits per heavy atom. The summed E-state index contributed by atoms with van der Waals surface area (Å²) in [4.78, 5) is 16.0. The maximum atomic E-state index is 14.1. The maximum absolute atomic E-state index is 14.1. The summed E-state index contributed by atoms with van der Waals surface area (Å²) in [7, 11) is 0. The zero-order chi connectivity index (χ0) is 23.2. The lowest BCUT2D eigenvalue weighted by Gasteiger charge is -2.16. The number of nitrogens with zero attached hydrogens (tertiary/aromatic N) is 2. The number of hydrogen-bond acceptors (Lipinski definition) is 4. The second-order valence-corrected chi connectivity index (χ2v) is 7.32. The highest BCUT2D eigenvalue weighted by molar-refractivity contribution is 5.87. The third-order valence-corrected chi connectivity index (χ3v) is 5.10. The van der Waals surface area contributed by atoms with Crippen molar-refractivity contribution in [2.75, 3.05) is 6.61 Å². The van der Waals surface area contributed by atoms with Gasteiger partial charge in [-0.2, -0.15) is 5.26 Å². The molecule has 162 valence electrons. The topological polar surface area (TPSA) is 63.0 Å². The summed E-state index contributed by atoms with van der Waals surface area (Å²) < 4.78 is 32.8. The van der Waals surface area contributed by atoms with Gasteiger partial charge in [0, 0.05) is 6.20 Å². The molecule has 0 fully saturated rings. The molecule has 0 aliphatic heterocycles. The van der Waals surface area contributed by atoms with Crippen LogP contribution in [0.4, 0.5) is 8.78 Å². The summed E-state index contributed by atoms with van der Waals surface area (Å²) in [6, 6.07) is 23.3. The smallest absolute Gasteiger partial charge is 0.357 e. The van der Waals surface area contributed by atoms with E-state index in [0.29, 0.717) is 17.5 Å². The highest BCUT2D eigenvalue weighted by atomic mass is 19.1. The van der Waals surface area contributed by atoms with E-state index in [4.69, 9.17) is 10.00 Å². The van der Waals surface area contributed by atoms with Crippen LogP contribution < -0.4 is 0 Å². The fourth-order valence-electron chi connectivity index (χ4n) is 3.67. The van der Waals surface area contributed by atoms with Crippen LogP contribution in [0.15, 0.2) is 85.1 Å². The Bertz CT molecular complexity index is 1350. The zero-order valence-corrected chi connectivity index (χ0v) is 17.5. The second kappa shape index (κ2) is 9.84. The molecular formula is C27H18F2N2O2. The Kier molecular flexibility index (Phi) is 6.51. The first-order valence-electron chi connectivity index (χ1n) is 10.2. The van der Waals surface area contributed by atoms with Crippen LogP contribution in [0.25, 0.3) is 22.3 Å². The number of nitriles is 1. The minimum absolute atomic E-state index is 0.105. The zero-order valence-electron chi connectivity index (χ0n) is 17.5. The molecule has 0 saturated heterocycles. The first-order valence-corrected chi connectivity index (χ1v) is 10.2. The molecular weight excluding hydrogens is 422 g/mol. The highest BCUT2D eigenvalue weighted by Crippen LogP contribution is 2.36. The third kappa shape index (κ3) is 5.10. The van der Waals surface area contributed by atoms with Gasteiger partial charge in [0.2, 0.25) is 0 Å². The summed E-state index contributed by atoms with van der Waals surface area (Å²) in [5.74, 6) is -1.39. The molecule has 0 radical (unpaired) electrons. The summed E-state index contributed by atoms with van der Waals surface area (Å²) in [5.41, 5.74) is 4.75. The van der Waals surface area contributed by atoms with Gasteiger partial charge in [0.15, 0.2) is 6.61 Å². The van der Waals surface area contributed by atoms with Crippen LogP contribution in [0.2, 0.25) is 0 Å². The van der Waals surface area contributed by atoms with E-state index in [-0.39, 0.29) is 23.9 Å². The molecule has 0 saturated carbocycles. The highest BCUT2D eigenvalue weighted by Gasteiger charge is 2.15. The van der Waals surface area contributed by atoms with Crippen LogP contribution in [0.3, 0.4) is 0 Å². The Balaban J connectivity index is 1.75. The molecule has 0 atom stereocenters. The molecule has 0 bridgehead atoms. The Hall–Kier alpha value is -4.37. The van der Waals surface area contributed by atoms with Crippen molar-refractivity contribution in [2.45, 2.75) is 6.42 Å². The van der Waals surface area contributed by atoms with E-state index >= 15 is 0 Å². The van der Waals surface area contributed by atoms with Crippen LogP contribution in [0.5, 0.6) is 0 Å². The van der Waals surface area contributed by atoms with Crippen molar-refractivity contribution in [3.63, 3.8) is 0 Å². The van der Waals surface area contributed by atoms with Gasteiger partial charge in [-0.25, -0.2) is 18.6 Å². The van der Waals surface area contributed by atoms with Gasteiger partial charge in [0.05, 0.1) is 0 Å². The summed E-state index contributed by atoms with van der Waals surface area (Å²) >= 11 is 0. The molecule has 1 heterocycles. The lowest BCUT2D eigenvalue weighted by atomic mass is 9.88. The van der Waals surface area contributed by atoms with Crippen LogP contribution in [-0.2, 0) is 11.2 Å². The van der Waals surface area contributed by atoms with Crippen LogP contribution >= 0.6 is 0 Å². The molecule has 0 amide bonds. The number of pyridine rings is 1. The van der Waals surface area contributed by atoms with E-state index in [1.165, 1.54) is 30.3 Å². The van der Waals surface area contributed by atoms with Crippen molar-refractivity contribution in [3.8, 4) is 28.3 Å². The summed E-state index contributed by atoms with van der Waals surface area (Å²) in [5, 5.41) is 8.54. The largest absolute Gasteiger partial charge is 0.446 e. The molecule has 3 aromatic carbocycles. The van der Waals surface area contributed by atoms with E-state index in [1.54, 1.807) is 30.5 Å². The average Bonchev–Trinajstić information content (AvgIpc) is 2.83. The SMILES string of the molecule is N#CCOC(=O)c1ccc(Cc2cccc(-c3cccc(F)c3)c2-c2cccc(F)c2)cn1. The standard InChI is InChI=1S/C27H18F2N2O2/c28-22-7-1-4-19(15-22)24-9-3-6-20(26(24)21-5-2-8-23(29)16-21)14-18-10-11-25(31-17-18)27(32)33-13-12-30/h1-11,15-17H,13-14H2. The van der Waals surface area contributed by atoms with Gasteiger partial charge in [-0.15, -0.1) is 0 Å². The first-order chi connectivity index (χ1) is 16.0. The van der Waals surface area contributed by atoms with E-state index in [1.807, 2.05) is 30.3 Å². The van der Waals surface area contributed by atoms with Gasteiger partial charge >= 0.3 is 5.97 Å². The quantitative estimate of drug-likeness (QED) is 0.347. The third-order valence-electron chi connectivity index (χ3n) is 5.10. The number of rotatable bonds is 6. The number of esters is 1. The normalized spacial score (nSPS) is 10.5. The molecule has 4 nitrogen and oxygen atoms in total. The van der Waals surface area contributed by atoms with E-state index in [0.717, 1.165) is 22.3 Å². The van der Waals surface area contributed by atoms with Gasteiger partial charge in [-0.1, -0.05) is 48.5 Å². The predicted octanol–water partition coefficient (Wildman–Crippen LogP) is 5.96. The number of ether oxygens (including phenoxy) is 1. The minimum atomic E-state index is -0.670. The lowest BCUT2D eigenvalue weighted by molar-refractivity contribution is 0.0548. The van der Waals surface area contributed by atoms with Crippen LogP contribution in [0, 0.1) is 23.0 Å². The van der Waals surface area contributed by atoms with E-state index < -0.39 is 5.97 Å². The molecule has 1 aromatic heterocycles. The Morgan fingerprint density at radius 2 is 1.61 bits per heavy atom. The number of aromatic nitrogens is 1. The van der Waals surface area contributed by atoms with Crippen LogP contribution in [0.1, 0.15) is 21.6 Å². The van der Waals surface area contributed by atoms with Crippen LogP contribution in [-0.4, -0.2) is 17.6 Å². The molecule has 33 heavy (non-hydrogen) atoms. The fourth-order valence-corrected chi connectivity index (χ4v) is 3.67. The monoisotopic (exact) mass is 440 g/mol. The van der Waals surface area contributed by atoms with E-state index in [9.17, 15) is 13.6 Å². The van der Waals surface area contributed by atoms with Crippen molar-refractivity contribution >= 4 is 5.97 Å².